The van der Waals surface area contributed by atoms with Crippen LogP contribution < -0.4 is 0 Å². The Morgan fingerprint density at radius 3 is 1.91 bits per heavy atom. The van der Waals surface area contributed by atoms with Crippen molar-refractivity contribution in [2.45, 2.75) is 0 Å². The summed E-state index contributed by atoms with van der Waals surface area (Å²) in [6.07, 6.45) is 0. The van der Waals surface area contributed by atoms with Gasteiger partial charge in [-0.1, -0.05) is 92.5 Å². The highest BCUT2D eigenvalue weighted by molar-refractivity contribution is 9.11. The van der Waals surface area contributed by atoms with Gasteiger partial charge in [0.05, 0.1) is 18.0 Å². The maximum atomic E-state index is 7.20. The third kappa shape index (κ3) is 4.20. The predicted octanol–water partition coefficient (Wildman–Crippen LogP) is 8.71. The molecule has 152 valence electrons. The Morgan fingerprint density at radius 1 is 0.594 bits per heavy atom. The van der Waals surface area contributed by atoms with E-state index in [2.05, 4.69) is 67.0 Å². The Labute approximate surface area is 202 Å². The van der Waals surface area contributed by atoms with Crippen LogP contribution in [0, 0.1) is 6.57 Å². The molecule has 1 aromatic heterocycles. The maximum absolute atomic E-state index is 7.20. The Bertz CT molecular complexity index is 1480. The van der Waals surface area contributed by atoms with Crippen molar-refractivity contribution in [2.75, 3.05) is 0 Å². The Balaban J connectivity index is 1.72. The Morgan fingerprint density at radius 2 is 1.22 bits per heavy atom. The first-order valence-corrected chi connectivity index (χ1v) is 11.5. The van der Waals surface area contributed by atoms with Crippen LogP contribution in [0.3, 0.4) is 0 Å². The second-order valence-corrected chi connectivity index (χ2v) is 9.17. The van der Waals surface area contributed by atoms with Crippen molar-refractivity contribution in [3.05, 3.63) is 111 Å². The molecule has 0 amide bonds. The summed E-state index contributed by atoms with van der Waals surface area (Å²) in [5.41, 5.74) is 5.15. The van der Waals surface area contributed by atoms with Gasteiger partial charge in [0.15, 0.2) is 11.5 Å². The molecule has 0 fully saturated rings. The molecule has 0 unspecified atom stereocenters. The van der Waals surface area contributed by atoms with Crippen LogP contribution in [0.1, 0.15) is 0 Å². The lowest BCUT2D eigenvalue weighted by atomic mass is 10.0. The molecule has 0 atom stereocenters. The average Bonchev–Trinajstić information content (AvgIpc) is 2.83. The molecule has 0 aliphatic heterocycles. The van der Waals surface area contributed by atoms with Crippen molar-refractivity contribution in [1.82, 2.24) is 9.97 Å². The molecule has 3 nitrogen and oxygen atoms in total. The lowest BCUT2D eigenvalue weighted by Gasteiger charge is -2.11. The van der Waals surface area contributed by atoms with Crippen LogP contribution in [0.5, 0.6) is 0 Å². The molecule has 0 saturated heterocycles. The molecule has 5 rings (SSSR count). The first-order valence-electron chi connectivity index (χ1n) is 9.92. The zero-order chi connectivity index (χ0) is 22.1. The summed E-state index contributed by atoms with van der Waals surface area (Å²) in [4.78, 5) is 13.2. The Hall–Kier alpha value is -3.33. The number of halogens is 2. The normalized spacial score (nSPS) is 10.8. The lowest BCUT2D eigenvalue weighted by molar-refractivity contribution is 1.18. The first-order chi connectivity index (χ1) is 15.6. The van der Waals surface area contributed by atoms with E-state index in [1.54, 1.807) is 12.1 Å². The molecule has 0 saturated carbocycles. The molecule has 0 N–H and O–H groups in total. The van der Waals surface area contributed by atoms with E-state index < -0.39 is 0 Å². The van der Waals surface area contributed by atoms with Gasteiger partial charge in [-0.15, -0.1) is 0 Å². The van der Waals surface area contributed by atoms with Gasteiger partial charge in [-0.25, -0.2) is 14.8 Å². The van der Waals surface area contributed by atoms with Crippen LogP contribution in [0.4, 0.5) is 5.69 Å². The van der Waals surface area contributed by atoms with Gasteiger partial charge < -0.3 is 0 Å². The Kier molecular flexibility index (Phi) is 5.57. The molecule has 0 spiro atoms. The molecule has 0 radical (unpaired) electrons. The summed E-state index contributed by atoms with van der Waals surface area (Å²) in [7, 11) is 0. The summed E-state index contributed by atoms with van der Waals surface area (Å²) in [5, 5.41) is 2.36. The number of aromatic nitrogens is 2. The predicted molar refractivity (Wildman–Crippen MR) is 138 cm³/mol. The van der Waals surface area contributed by atoms with Gasteiger partial charge in [0.25, 0.3) is 0 Å². The minimum Gasteiger partial charge on any atom is -0.238 e. The number of rotatable bonds is 3. The van der Waals surface area contributed by atoms with E-state index in [-0.39, 0.29) is 0 Å². The molecule has 0 aliphatic carbocycles. The number of hydrogen-bond donors (Lipinski definition) is 0. The van der Waals surface area contributed by atoms with Gasteiger partial charge >= 0.3 is 0 Å². The van der Waals surface area contributed by atoms with E-state index in [1.165, 1.54) is 10.8 Å². The SMILES string of the molecule is [C-]#[N+]c1ccc(-c2nc(-c3cc(Br)cc(Br)c3)cc(-c3ccc4ccccc4c3)n2)cc1. The quantitative estimate of drug-likeness (QED) is 0.214. The smallest absolute Gasteiger partial charge is 0.187 e. The van der Waals surface area contributed by atoms with E-state index in [0.717, 1.165) is 37.0 Å². The minimum atomic E-state index is 0.593. The van der Waals surface area contributed by atoms with Gasteiger partial charge in [-0.2, -0.15) is 0 Å². The van der Waals surface area contributed by atoms with E-state index in [1.807, 2.05) is 48.5 Å². The van der Waals surface area contributed by atoms with Gasteiger partial charge in [0.1, 0.15) is 0 Å². The molecule has 0 aliphatic rings. The van der Waals surface area contributed by atoms with Crippen LogP contribution in [0.25, 0.3) is 49.5 Å². The summed E-state index contributed by atoms with van der Waals surface area (Å²) in [5.74, 6) is 0.623. The molecule has 0 bridgehead atoms. The molecular weight excluding hydrogens is 526 g/mol. The summed E-state index contributed by atoms with van der Waals surface area (Å²) < 4.78 is 1.94. The van der Waals surface area contributed by atoms with Crippen LogP contribution in [-0.2, 0) is 0 Å². The van der Waals surface area contributed by atoms with Gasteiger partial charge in [0.2, 0.25) is 0 Å². The largest absolute Gasteiger partial charge is 0.238 e. The van der Waals surface area contributed by atoms with Gasteiger partial charge in [-0.05, 0) is 41.1 Å². The second kappa shape index (κ2) is 8.66. The first kappa shape index (κ1) is 20.6. The molecule has 1 heterocycles. The highest BCUT2D eigenvalue weighted by Gasteiger charge is 2.12. The number of hydrogen-bond acceptors (Lipinski definition) is 2. The molecule has 5 heteroatoms. The fourth-order valence-corrected chi connectivity index (χ4v) is 4.90. The number of fused-ring (bicyclic) bond motifs is 1. The van der Waals surface area contributed by atoms with Crippen molar-refractivity contribution >= 4 is 48.3 Å². The maximum Gasteiger partial charge on any atom is 0.187 e. The van der Waals surface area contributed by atoms with Crippen molar-refractivity contribution in [3.63, 3.8) is 0 Å². The molecule has 5 aromatic rings. The fourth-order valence-electron chi connectivity index (χ4n) is 3.61. The van der Waals surface area contributed by atoms with E-state index in [9.17, 15) is 0 Å². The van der Waals surface area contributed by atoms with Crippen LogP contribution in [0.2, 0.25) is 0 Å². The highest BCUT2D eigenvalue weighted by atomic mass is 79.9. The highest BCUT2D eigenvalue weighted by Crippen LogP contribution is 2.32. The fraction of sp³-hybridized carbons (Fsp3) is 0. The standard InChI is InChI=1S/C27H15Br2N3/c1-30-24-10-8-18(9-11-24)27-31-25(20-7-6-17-4-2-3-5-19(17)12-20)16-26(32-27)21-13-22(28)15-23(29)14-21/h2-16H. The third-order valence-electron chi connectivity index (χ3n) is 5.18. The van der Waals surface area contributed by atoms with E-state index in [4.69, 9.17) is 16.5 Å². The molecule has 32 heavy (non-hydrogen) atoms. The summed E-state index contributed by atoms with van der Waals surface area (Å²) in [6, 6.07) is 30.2. The van der Waals surface area contributed by atoms with Crippen molar-refractivity contribution in [3.8, 4) is 33.9 Å². The van der Waals surface area contributed by atoms with Crippen LogP contribution in [-0.4, -0.2) is 9.97 Å². The topological polar surface area (TPSA) is 30.1 Å². The lowest BCUT2D eigenvalue weighted by Crippen LogP contribution is -1.96. The van der Waals surface area contributed by atoms with Gasteiger partial charge in [-0.3, -0.25) is 0 Å². The zero-order valence-electron chi connectivity index (χ0n) is 16.8. The van der Waals surface area contributed by atoms with Crippen molar-refractivity contribution in [1.29, 1.82) is 0 Å². The zero-order valence-corrected chi connectivity index (χ0v) is 19.9. The molecule has 4 aromatic carbocycles. The van der Waals surface area contributed by atoms with Crippen LogP contribution >= 0.6 is 31.9 Å². The van der Waals surface area contributed by atoms with E-state index in [0.29, 0.717) is 11.5 Å². The summed E-state index contributed by atoms with van der Waals surface area (Å²) >= 11 is 7.16. The van der Waals surface area contributed by atoms with E-state index >= 15 is 0 Å². The summed E-state index contributed by atoms with van der Waals surface area (Å²) in [6.45, 7) is 7.20. The third-order valence-corrected chi connectivity index (χ3v) is 6.10. The van der Waals surface area contributed by atoms with Crippen molar-refractivity contribution in [2.24, 2.45) is 0 Å². The van der Waals surface area contributed by atoms with Crippen molar-refractivity contribution < 1.29 is 0 Å². The molecular formula is C27H15Br2N3. The monoisotopic (exact) mass is 539 g/mol. The number of nitrogens with zero attached hydrogens (tertiary/aromatic N) is 3. The minimum absolute atomic E-state index is 0.593. The average molecular weight is 541 g/mol. The second-order valence-electron chi connectivity index (χ2n) is 7.34. The van der Waals surface area contributed by atoms with Gasteiger partial charge in [0, 0.05) is 25.6 Å². The van der Waals surface area contributed by atoms with Crippen LogP contribution in [0.15, 0.2) is 99.9 Å². The number of benzene rings is 4.